The maximum atomic E-state index is 13.0. The molecule has 2 aliphatic rings. The molecule has 282 valence electrons. The number of fused-ring (bicyclic) bond motifs is 8. The third kappa shape index (κ3) is 6.90. The van der Waals surface area contributed by atoms with Gasteiger partial charge in [0.15, 0.2) is 0 Å². The van der Waals surface area contributed by atoms with Gasteiger partial charge < -0.3 is 23.9 Å². The van der Waals surface area contributed by atoms with E-state index in [2.05, 4.69) is 35.2 Å². The highest BCUT2D eigenvalue weighted by Gasteiger charge is 2.31. The minimum Gasteiger partial charge on any atom is -0.493 e. The van der Waals surface area contributed by atoms with Crippen LogP contribution in [0.1, 0.15) is 63.3 Å². The zero-order chi connectivity index (χ0) is 37.5. The second kappa shape index (κ2) is 15.2. The number of morpholine rings is 1. The molecule has 6 aromatic rings. The number of carboxylic acids is 1. The van der Waals surface area contributed by atoms with E-state index in [9.17, 15) is 9.90 Å². The Morgan fingerprint density at radius 2 is 1.74 bits per heavy atom. The summed E-state index contributed by atoms with van der Waals surface area (Å²) in [7, 11) is 5.74. The number of carbonyl (C=O) groups is 1. The molecule has 12 heteroatoms. The summed E-state index contributed by atoms with van der Waals surface area (Å²) >= 11 is 7.17. The Bertz CT molecular complexity index is 2350. The summed E-state index contributed by atoms with van der Waals surface area (Å²) in [4.78, 5) is 15.4. The Morgan fingerprint density at radius 3 is 2.56 bits per heavy atom. The highest BCUT2D eigenvalue weighted by molar-refractivity contribution is 6.35. The highest BCUT2D eigenvalue weighted by atomic mass is 35.5. The van der Waals surface area contributed by atoms with Crippen LogP contribution in [0.15, 0.2) is 54.6 Å². The summed E-state index contributed by atoms with van der Waals surface area (Å²) < 4.78 is 24.6. The first-order valence-corrected chi connectivity index (χ1v) is 19.2. The first kappa shape index (κ1) is 36.3. The van der Waals surface area contributed by atoms with E-state index in [0.29, 0.717) is 50.7 Å². The summed E-state index contributed by atoms with van der Waals surface area (Å²) in [6, 6.07) is 18.6. The normalized spacial score (nSPS) is 17.4. The van der Waals surface area contributed by atoms with Crippen LogP contribution in [0.25, 0.3) is 32.8 Å². The number of aryl methyl sites for hydroxylation is 6. The van der Waals surface area contributed by atoms with Gasteiger partial charge in [-0.25, -0.2) is 4.79 Å². The van der Waals surface area contributed by atoms with Gasteiger partial charge in [-0.1, -0.05) is 48.0 Å². The molecule has 54 heavy (non-hydrogen) atoms. The quantitative estimate of drug-likeness (QED) is 0.201. The highest BCUT2D eigenvalue weighted by Crippen LogP contribution is 2.44. The number of hydrogen-bond acceptors (Lipinski definition) is 7. The van der Waals surface area contributed by atoms with Crippen LogP contribution >= 0.6 is 11.6 Å². The summed E-state index contributed by atoms with van der Waals surface area (Å²) in [6.45, 7) is 6.73. The van der Waals surface area contributed by atoms with Crippen LogP contribution < -0.4 is 4.74 Å². The van der Waals surface area contributed by atoms with Crippen molar-refractivity contribution in [2.24, 2.45) is 21.1 Å². The molecule has 0 saturated carbocycles. The predicted octanol–water partition coefficient (Wildman–Crippen LogP) is 7.22. The Labute approximate surface area is 320 Å². The molecule has 5 heterocycles. The van der Waals surface area contributed by atoms with E-state index in [1.807, 2.05) is 61.7 Å². The second-order valence-corrected chi connectivity index (χ2v) is 14.9. The van der Waals surface area contributed by atoms with E-state index >= 15 is 0 Å². The zero-order valence-electron chi connectivity index (χ0n) is 31.4. The van der Waals surface area contributed by atoms with Crippen molar-refractivity contribution in [1.82, 2.24) is 29.0 Å². The number of aromatic nitrogens is 5. The minimum absolute atomic E-state index is 0.247. The van der Waals surface area contributed by atoms with Gasteiger partial charge in [-0.15, -0.1) is 0 Å². The van der Waals surface area contributed by atoms with E-state index in [1.165, 1.54) is 5.56 Å². The van der Waals surface area contributed by atoms with Crippen molar-refractivity contribution in [3.8, 4) is 16.9 Å². The van der Waals surface area contributed by atoms with Gasteiger partial charge in [0, 0.05) is 74.1 Å². The van der Waals surface area contributed by atoms with Crippen molar-refractivity contribution in [2.75, 3.05) is 39.5 Å². The van der Waals surface area contributed by atoms with Gasteiger partial charge >= 0.3 is 5.97 Å². The van der Waals surface area contributed by atoms with Gasteiger partial charge in [0.1, 0.15) is 17.5 Å². The summed E-state index contributed by atoms with van der Waals surface area (Å²) in [5, 5.41) is 24.2. The Hall–Kier alpha value is -4.68. The Morgan fingerprint density at radius 1 is 0.926 bits per heavy atom. The average Bonchev–Trinajstić information content (AvgIpc) is 3.78. The summed E-state index contributed by atoms with van der Waals surface area (Å²) in [5.41, 5.74) is 8.26. The number of halogens is 1. The number of nitrogens with zero attached hydrogens (tertiary/aromatic N) is 6. The van der Waals surface area contributed by atoms with Crippen LogP contribution in [0, 0.1) is 6.92 Å². The van der Waals surface area contributed by atoms with Crippen molar-refractivity contribution in [3.05, 3.63) is 99.2 Å². The molecule has 1 fully saturated rings. The van der Waals surface area contributed by atoms with Crippen LogP contribution in [-0.4, -0.2) is 79.6 Å². The first-order chi connectivity index (χ1) is 26.2. The minimum atomic E-state index is -0.982. The molecular weight excluding hydrogens is 704 g/mol. The van der Waals surface area contributed by atoms with Crippen LogP contribution in [-0.2, 0) is 56.5 Å². The lowest BCUT2D eigenvalue weighted by molar-refractivity contribution is 0.00358. The van der Waals surface area contributed by atoms with Crippen LogP contribution in [0.4, 0.5) is 0 Å². The fourth-order valence-electron chi connectivity index (χ4n) is 8.32. The number of benzene rings is 3. The zero-order valence-corrected chi connectivity index (χ0v) is 32.2. The molecule has 0 spiro atoms. The monoisotopic (exact) mass is 750 g/mol. The summed E-state index contributed by atoms with van der Waals surface area (Å²) in [6.07, 6.45) is 3.08. The van der Waals surface area contributed by atoms with Crippen molar-refractivity contribution >= 4 is 39.2 Å². The number of hydrogen-bond donors (Lipinski definition) is 1. The smallest absolute Gasteiger partial charge is 0.352 e. The van der Waals surface area contributed by atoms with E-state index in [0.717, 1.165) is 99.4 Å². The SMILES string of the molecule is Cc1c2c(nn1C)C(CCN1CCOCC1)OCc1cc(n(C)n1)CCc1cc(c3ccccc3c1)OCCCc1c(C(=O)O)n(C)c3c-2c(Cl)ccc13. The van der Waals surface area contributed by atoms with E-state index in [4.69, 9.17) is 36.0 Å². The van der Waals surface area contributed by atoms with Crippen LogP contribution in [0.5, 0.6) is 5.75 Å². The second-order valence-electron chi connectivity index (χ2n) is 14.5. The molecular formula is C42H47ClN6O5. The molecule has 1 unspecified atom stereocenters. The lowest BCUT2D eigenvalue weighted by Gasteiger charge is -2.28. The standard InChI is InChI=1S/C42H47ClN6O5/c1-26-37-38-34(43)14-13-33-32(41(42(50)51)46(2)40(33)38)10-7-19-53-36-23-27(22-28-8-5-6-9-31(28)36)11-12-30-24-29(44-48(30)4)25-54-35(39(37)45-47(26)3)15-16-49-17-20-52-21-18-49/h5-6,8-9,13-14,22-24,35H,7,10-12,15-21,25H2,1-4H3,(H,50,51). The third-order valence-corrected chi connectivity index (χ3v) is 11.5. The number of rotatable bonds is 4. The van der Waals surface area contributed by atoms with Crippen LogP contribution in [0.2, 0.25) is 5.02 Å². The third-order valence-electron chi connectivity index (χ3n) is 11.2. The average molecular weight is 751 g/mol. The molecule has 1 atom stereocenters. The van der Waals surface area contributed by atoms with E-state index < -0.39 is 5.97 Å². The topological polar surface area (TPSA) is 109 Å². The van der Waals surface area contributed by atoms with Gasteiger partial charge in [-0.05, 0) is 73.7 Å². The van der Waals surface area contributed by atoms with Crippen molar-refractivity contribution < 1.29 is 24.1 Å². The molecule has 3 aromatic carbocycles. The molecule has 1 saturated heterocycles. The lowest BCUT2D eigenvalue weighted by atomic mass is 9.95. The van der Waals surface area contributed by atoms with E-state index in [-0.39, 0.29) is 11.8 Å². The molecule has 0 radical (unpaired) electrons. The molecule has 0 aliphatic carbocycles. The largest absolute Gasteiger partial charge is 0.493 e. The number of ether oxygens (including phenoxy) is 3. The fourth-order valence-corrected chi connectivity index (χ4v) is 8.57. The van der Waals surface area contributed by atoms with Crippen molar-refractivity contribution in [3.63, 3.8) is 0 Å². The molecule has 2 aliphatic heterocycles. The molecule has 11 nitrogen and oxygen atoms in total. The van der Waals surface area contributed by atoms with Gasteiger partial charge in [-0.2, -0.15) is 10.2 Å². The first-order valence-electron chi connectivity index (χ1n) is 18.8. The van der Waals surface area contributed by atoms with Gasteiger partial charge in [0.25, 0.3) is 0 Å². The molecule has 1 N–H and O–H groups in total. The lowest BCUT2D eigenvalue weighted by Crippen LogP contribution is -2.37. The van der Waals surface area contributed by atoms with Gasteiger partial charge in [0.2, 0.25) is 0 Å². The predicted molar refractivity (Wildman–Crippen MR) is 210 cm³/mol. The van der Waals surface area contributed by atoms with Crippen molar-refractivity contribution in [1.29, 1.82) is 0 Å². The van der Waals surface area contributed by atoms with Crippen LogP contribution in [0.3, 0.4) is 0 Å². The van der Waals surface area contributed by atoms with Crippen molar-refractivity contribution in [2.45, 2.75) is 51.7 Å². The van der Waals surface area contributed by atoms with E-state index in [1.54, 1.807) is 4.57 Å². The number of aromatic carboxylic acids is 1. The molecule has 3 aromatic heterocycles. The fraction of sp³-hybridized carbons (Fsp3) is 0.405. The number of carboxylic acid groups (broad SMARTS) is 1. The van der Waals surface area contributed by atoms with Gasteiger partial charge in [-0.3, -0.25) is 14.3 Å². The summed E-state index contributed by atoms with van der Waals surface area (Å²) in [5.74, 6) is -0.148. The van der Waals surface area contributed by atoms with Gasteiger partial charge in [0.05, 0.1) is 48.4 Å². The molecule has 8 rings (SSSR count). The maximum Gasteiger partial charge on any atom is 0.352 e. The molecule has 0 amide bonds. The Kier molecular flexibility index (Phi) is 10.2. The Balaban J connectivity index is 1.27. The maximum absolute atomic E-state index is 13.0. The molecule has 8 bridgehead atoms.